The summed E-state index contributed by atoms with van der Waals surface area (Å²) in [6.07, 6.45) is 4.89. The molecule has 0 aliphatic rings. The van der Waals surface area contributed by atoms with E-state index in [2.05, 4.69) is 26.8 Å². The number of guanidine groups is 1. The number of halogens is 2. The molecule has 7 heteroatoms. The second-order valence-electron chi connectivity index (χ2n) is 5.43. The van der Waals surface area contributed by atoms with Crippen LogP contribution in [0.1, 0.15) is 11.3 Å². The Balaban J connectivity index is 0.00000225. The minimum absolute atomic E-state index is 0. The van der Waals surface area contributed by atoms with Crippen LogP contribution in [-0.2, 0) is 13.0 Å². The molecule has 0 saturated carbocycles. The molecule has 0 fully saturated rings. The fraction of sp³-hybridized carbons (Fsp3) is 0.222. The van der Waals surface area contributed by atoms with Gasteiger partial charge in [-0.15, -0.1) is 24.0 Å². The Morgan fingerprint density at radius 1 is 1.20 bits per heavy atom. The highest BCUT2D eigenvalue weighted by Crippen LogP contribution is 2.10. The van der Waals surface area contributed by atoms with Crippen molar-refractivity contribution in [1.82, 2.24) is 20.0 Å². The molecule has 0 amide bonds. The highest BCUT2D eigenvalue weighted by Gasteiger charge is 2.02. The third kappa shape index (κ3) is 5.61. The van der Waals surface area contributed by atoms with Crippen LogP contribution in [0, 0.1) is 0 Å². The van der Waals surface area contributed by atoms with E-state index in [1.807, 2.05) is 53.1 Å². The standard InChI is InChI=1S/C18H20ClN5.HI/c1-20-18(22-12-14-5-4-6-15(19)11-14)21-9-8-16-13-24-10-3-2-7-17(24)23-16;/h2-7,10-11,13H,8-9,12H2,1H3,(H2,20,21,22);1H. The second kappa shape index (κ2) is 9.62. The molecule has 3 aromatic rings. The molecule has 1 aromatic carbocycles. The van der Waals surface area contributed by atoms with Gasteiger partial charge in [0, 0.05) is 44.0 Å². The first-order chi connectivity index (χ1) is 11.7. The molecule has 0 unspecified atom stereocenters. The first-order valence-electron chi connectivity index (χ1n) is 7.86. The summed E-state index contributed by atoms with van der Waals surface area (Å²) in [4.78, 5) is 8.82. The average molecular weight is 470 g/mol. The average Bonchev–Trinajstić information content (AvgIpc) is 3.00. The lowest BCUT2D eigenvalue weighted by molar-refractivity contribution is 0.787. The topological polar surface area (TPSA) is 53.7 Å². The molecule has 2 aromatic heterocycles. The molecule has 0 bridgehead atoms. The summed E-state index contributed by atoms with van der Waals surface area (Å²) in [5.41, 5.74) is 3.14. The largest absolute Gasteiger partial charge is 0.356 e. The van der Waals surface area contributed by atoms with Gasteiger partial charge in [0.2, 0.25) is 0 Å². The monoisotopic (exact) mass is 469 g/mol. The van der Waals surface area contributed by atoms with Gasteiger partial charge in [-0.2, -0.15) is 0 Å². The van der Waals surface area contributed by atoms with Gasteiger partial charge < -0.3 is 15.0 Å². The van der Waals surface area contributed by atoms with Crippen molar-refractivity contribution in [1.29, 1.82) is 0 Å². The van der Waals surface area contributed by atoms with Gasteiger partial charge in [-0.1, -0.05) is 29.8 Å². The summed E-state index contributed by atoms with van der Waals surface area (Å²) in [6, 6.07) is 13.8. The number of hydrogen-bond acceptors (Lipinski definition) is 2. The number of pyridine rings is 1. The fourth-order valence-electron chi connectivity index (χ4n) is 2.47. The molecule has 132 valence electrons. The number of hydrogen-bond donors (Lipinski definition) is 2. The van der Waals surface area contributed by atoms with E-state index in [0.29, 0.717) is 6.54 Å². The molecule has 0 spiro atoms. The van der Waals surface area contributed by atoms with Gasteiger partial charge in [0.1, 0.15) is 5.65 Å². The Morgan fingerprint density at radius 3 is 2.84 bits per heavy atom. The zero-order valence-corrected chi connectivity index (χ0v) is 17.0. The van der Waals surface area contributed by atoms with Gasteiger partial charge in [-0.05, 0) is 29.8 Å². The molecule has 25 heavy (non-hydrogen) atoms. The highest BCUT2D eigenvalue weighted by atomic mass is 127. The number of rotatable bonds is 5. The van der Waals surface area contributed by atoms with Crippen LogP contribution in [0.25, 0.3) is 5.65 Å². The van der Waals surface area contributed by atoms with Gasteiger partial charge in [0.15, 0.2) is 5.96 Å². The van der Waals surface area contributed by atoms with Crippen molar-refractivity contribution in [2.75, 3.05) is 13.6 Å². The minimum atomic E-state index is 0. The predicted octanol–water partition coefficient (Wildman–Crippen LogP) is 3.51. The van der Waals surface area contributed by atoms with E-state index in [-0.39, 0.29) is 24.0 Å². The maximum absolute atomic E-state index is 6.00. The maximum Gasteiger partial charge on any atom is 0.191 e. The van der Waals surface area contributed by atoms with Crippen molar-refractivity contribution in [3.8, 4) is 0 Å². The molecule has 5 nitrogen and oxygen atoms in total. The van der Waals surface area contributed by atoms with E-state index in [1.54, 1.807) is 7.05 Å². The zero-order chi connectivity index (χ0) is 16.8. The van der Waals surface area contributed by atoms with E-state index in [0.717, 1.165) is 40.9 Å². The molecular weight excluding hydrogens is 449 g/mol. The lowest BCUT2D eigenvalue weighted by atomic mass is 10.2. The molecule has 0 atom stereocenters. The molecular formula is C18H21ClIN5. The van der Waals surface area contributed by atoms with Crippen LogP contribution >= 0.6 is 35.6 Å². The first-order valence-corrected chi connectivity index (χ1v) is 8.24. The maximum atomic E-state index is 6.00. The summed E-state index contributed by atoms with van der Waals surface area (Å²) in [6.45, 7) is 1.44. The van der Waals surface area contributed by atoms with Crippen molar-refractivity contribution in [2.45, 2.75) is 13.0 Å². The van der Waals surface area contributed by atoms with Gasteiger partial charge in [-0.25, -0.2) is 4.98 Å². The summed E-state index contributed by atoms with van der Waals surface area (Å²) in [5, 5.41) is 7.32. The van der Waals surface area contributed by atoms with Crippen LogP contribution < -0.4 is 10.6 Å². The van der Waals surface area contributed by atoms with Crippen LogP contribution in [0.5, 0.6) is 0 Å². The van der Waals surface area contributed by atoms with Crippen molar-refractivity contribution >= 4 is 47.2 Å². The van der Waals surface area contributed by atoms with Crippen molar-refractivity contribution < 1.29 is 0 Å². The number of aromatic nitrogens is 2. The van der Waals surface area contributed by atoms with E-state index >= 15 is 0 Å². The van der Waals surface area contributed by atoms with Crippen molar-refractivity contribution in [3.63, 3.8) is 0 Å². The Hall–Kier alpha value is -1.80. The van der Waals surface area contributed by atoms with E-state index in [4.69, 9.17) is 11.6 Å². The van der Waals surface area contributed by atoms with Crippen molar-refractivity contribution in [2.24, 2.45) is 4.99 Å². The Kier molecular flexibility index (Phi) is 7.52. The smallest absolute Gasteiger partial charge is 0.191 e. The lowest BCUT2D eigenvalue weighted by Gasteiger charge is -2.11. The van der Waals surface area contributed by atoms with Gasteiger partial charge in [-0.3, -0.25) is 4.99 Å². The van der Waals surface area contributed by atoms with Gasteiger partial charge in [0.25, 0.3) is 0 Å². The normalized spacial score (nSPS) is 11.2. The summed E-state index contributed by atoms with van der Waals surface area (Å²) in [7, 11) is 1.76. The SMILES string of the molecule is CN=C(NCCc1cn2ccccc2n1)NCc1cccc(Cl)c1.I. The molecule has 3 rings (SSSR count). The van der Waals surface area contributed by atoms with Crippen LogP contribution in [0.2, 0.25) is 5.02 Å². The first kappa shape index (κ1) is 19.5. The lowest BCUT2D eigenvalue weighted by Crippen LogP contribution is -2.37. The highest BCUT2D eigenvalue weighted by molar-refractivity contribution is 14.0. The third-order valence-electron chi connectivity index (χ3n) is 3.66. The van der Waals surface area contributed by atoms with E-state index < -0.39 is 0 Å². The summed E-state index contributed by atoms with van der Waals surface area (Å²) >= 11 is 6.00. The number of fused-ring (bicyclic) bond motifs is 1. The molecule has 2 heterocycles. The van der Waals surface area contributed by atoms with Crippen LogP contribution in [-0.4, -0.2) is 28.9 Å². The number of aliphatic imine (C=N–C) groups is 1. The Morgan fingerprint density at radius 2 is 2.08 bits per heavy atom. The number of imidazole rings is 1. The quantitative estimate of drug-likeness (QED) is 0.342. The third-order valence-corrected chi connectivity index (χ3v) is 3.90. The van der Waals surface area contributed by atoms with Gasteiger partial charge in [0.05, 0.1) is 5.69 Å². The van der Waals surface area contributed by atoms with Crippen LogP contribution in [0.3, 0.4) is 0 Å². The van der Waals surface area contributed by atoms with Gasteiger partial charge >= 0.3 is 0 Å². The van der Waals surface area contributed by atoms with Crippen LogP contribution in [0.4, 0.5) is 0 Å². The Bertz CT molecular complexity index is 813. The minimum Gasteiger partial charge on any atom is -0.356 e. The van der Waals surface area contributed by atoms with E-state index in [1.165, 1.54) is 0 Å². The molecule has 0 aliphatic carbocycles. The Labute approximate surface area is 169 Å². The van der Waals surface area contributed by atoms with Crippen molar-refractivity contribution in [3.05, 3.63) is 71.1 Å². The number of nitrogens with zero attached hydrogens (tertiary/aromatic N) is 3. The number of benzene rings is 1. The molecule has 0 radical (unpaired) electrons. The molecule has 0 aliphatic heterocycles. The number of nitrogens with one attached hydrogen (secondary N) is 2. The predicted molar refractivity (Wildman–Crippen MR) is 114 cm³/mol. The van der Waals surface area contributed by atoms with Crippen LogP contribution in [0.15, 0.2) is 59.9 Å². The molecule has 2 N–H and O–H groups in total. The van der Waals surface area contributed by atoms with E-state index in [9.17, 15) is 0 Å². The second-order valence-corrected chi connectivity index (χ2v) is 5.87. The fourth-order valence-corrected chi connectivity index (χ4v) is 2.68. The molecule has 0 saturated heterocycles. The summed E-state index contributed by atoms with van der Waals surface area (Å²) < 4.78 is 2.03. The zero-order valence-electron chi connectivity index (χ0n) is 13.9. The summed E-state index contributed by atoms with van der Waals surface area (Å²) in [5.74, 6) is 0.763.